The van der Waals surface area contributed by atoms with Crippen LogP contribution in [-0.2, 0) is 6.54 Å². The number of rotatable bonds is 6. The fraction of sp³-hybridized carbons (Fsp3) is 0.200. The highest BCUT2D eigenvalue weighted by atomic mass is 32.1. The molecule has 0 saturated heterocycles. The lowest BCUT2D eigenvalue weighted by molar-refractivity contribution is 0.0950. The number of hydrogen-bond donors (Lipinski definition) is 1. The third-order valence-corrected chi connectivity index (χ3v) is 5.36. The van der Waals surface area contributed by atoms with Crippen molar-refractivity contribution in [3.63, 3.8) is 0 Å². The molecule has 0 aliphatic rings. The summed E-state index contributed by atoms with van der Waals surface area (Å²) in [5, 5.41) is 16.4. The molecule has 0 radical (unpaired) electrons. The molecule has 8 nitrogen and oxygen atoms in total. The molecule has 0 aliphatic heterocycles. The van der Waals surface area contributed by atoms with E-state index < -0.39 is 0 Å². The van der Waals surface area contributed by atoms with Crippen LogP contribution in [0.5, 0.6) is 11.5 Å². The summed E-state index contributed by atoms with van der Waals surface area (Å²) in [6.45, 7) is 2.27. The predicted molar refractivity (Wildman–Crippen MR) is 110 cm³/mol. The van der Waals surface area contributed by atoms with Crippen LogP contribution in [-0.4, -0.2) is 39.9 Å². The molecule has 1 N–H and O–H groups in total. The second-order valence-electron chi connectivity index (χ2n) is 6.33. The van der Waals surface area contributed by atoms with Crippen LogP contribution in [0.4, 0.5) is 0 Å². The van der Waals surface area contributed by atoms with Gasteiger partial charge in [-0.15, -0.1) is 10.2 Å². The topological polar surface area (TPSA) is 90.6 Å². The first-order chi connectivity index (χ1) is 14.1. The number of nitrogens with one attached hydrogen (secondary N) is 1. The van der Waals surface area contributed by atoms with Crippen molar-refractivity contribution < 1.29 is 14.3 Å². The average molecular weight is 409 g/mol. The fourth-order valence-electron chi connectivity index (χ4n) is 2.82. The highest BCUT2D eigenvalue weighted by Crippen LogP contribution is 2.26. The molecule has 4 rings (SSSR count). The molecule has 1 amide bonds. The third kappa shape index (κ3) is 3.90. The summed E-state index contributed by atoms with van der Waals surface area (Å²) in [5.41, 5.74) is 2.46. The molecule has 9 heteroatoms. The lowest BCUT2D eigenvalue weighted by atomic mass is 10.1. The van der Waals surface area contributed by atoms with Crippen molar-refractivity contribution in [3.8, 4) is 22.1 Å². The van der Waals surface area contributed by atoms with Gasteiger partial charge in [-0.05, 0) is 24.6 Å². The standard InChI is InChI=1S/C20H19N5O3S/c1-12-22-23-20-25(12)24-19(29-20)14-6-4-13(5-7-14)11-21-18(26)15-8-16(27-2)10-17(9-15)28-3/h4-10H,11H2,1-3H3,(H,21,26). The number of aromatic nitrogens is 4. The van der Waals surface area contributed by atoms with Gasteiger partial charge in [-0.25, -0.2) is 0 Å². The molecule has 2 aromatic carbocycles. The number of carbonyl (C=O) groups is 1. The van der Waals surface area contributed by atoms with E-state index in [1.165, 1.54) is 11.3 Å². The van der Waals surface area contributed by atoms with Gasteiger partial charge in [-0.2, -0.15) is 9.61 Å². The van der Waals surface area contributed by atoms with Gasteiger partial charge in [0.05, 0.1) is 14.2 Å². The van der Waals surface area contributed by atoms with Crippen molar-refractivity contribution in [2.24, 2.45) is 0 Å². The molecule has 0 unspecified atom stereocenters. The van der Waals surface area contributed by atoms with Gasteiger partial charge < -0.3 is 14.8 Å². The molecule has 0 atom stereocenters. The summed E-state index contributed by atoms with van der Waals surface area (Å²) in [4.78, 5) is 13.3. The predicted octanol–water partition coefficient (Wildman–Crippen LogP) is 3.11. The summed E-state index contributed by atoms with van der Waals surface area (Å²) in [6.07, 6.45) is 0. The van der Waals surface area contributed by atoms with Gasteiger partial charge in [0, 0.05) is 23.7 Å². The number of hydrogen-bond acceptors (Lipinski definition) is 7. The number of carbonyl (C=O) groups excluding carboxylic acids is 1. The van der Waals surface area contributed by atoms with Crippen LogP contribution < -0.4 is 14.8 Å². The Kier molecular flexibility index (Phi) is 5.13. The van der Waals surface area contributed by atoms with Crippen LogP contribution in [0.2, 0.25) is 0 Å². The third-order valence-electron chi connectivity index (χ3n) is 4.41. The van der Waals surface area contributed by atoms with Gasteiger partial charge >= 0.3 is 0 Å². The molecule has 0 saturated carbocycles. The second-order valence-corrected chi connectivity index (χ2v) is 7.29. The number of benzene rings is 2. The Balaban J connectivity index is 1.44. The van der Waals surface area contributed by atoms with E-state index in [1.54, 1.807) is 36.9 Å². The number of amides is 1. The maximum Gasteiger partial charge on any atom is 0.251 e. The van der Waals surface area contributed by atoms with Crippen molar-refractivity contribution in [2.75, 3.05) is 14.2 Å². The van der Waals surface area contributed by atoms with Crippen LogP contribution in [0.1, 0.15) is 21.7 Å². The summed E-state index contributed by atoms with van der Waals surface area (Å²) in [7, 11) is 3.10. The number of fused-ring (bicyclic) bond motifs is 1. The van der Waals surface area contributed by atoms with Gasteiger partial charge in [0.15, 0.2) is 5.82 Å². The monoisotopic (exact) mass is 409 g/mol. The number of ether oxygens (including phenoxy) is 2. The highest BCUT2D eigenvalue weighted by molar-refractivity contribution is 7.19. The van der Waals surface area contributed by atoms with Crippen molar-refractivity contribution in [2.45, 2.75) is 13.5 Å². The van der Waals surface area contributed by atoms with E-state index in [0.717, 1.165) is 26.9 Å². The molecule has 0 fully saturated rings. The van der Waals surface area contributed by atoms with Gasteiger partial charge in [0.1, 0.15) is 16.5 Å². The van der Waals surface area contributed by atoms with Crippen LogP contribution in [0.25, 0.3) is 15.5 Å². The maximum absolute atomic E-state index is 12.5. The number of methoxy groups -OCH3 is 2. The van der Waals surface area contributed by atoms with E-state index >= 15 is 0 Å². The van der Waals surface area contributed by atoms with Crippen molar-refractivity contribution in [1.29, 1.82) is 0 Å². The van der Waals surface area contributed by atoms with Crippen LogP contribution in [0.15, 0.2) is 42.5 Å². The Morgan fingerprint density at radius 1 is 1.07 bits per heavy atom. The van der Waals surface area contributed by atoms with Gasteiger partial charge in [-0.1, -0.05) is 35.6 Å². The van der Waals surface area contributed by atoms with Gasteiger partial charge in [-0.3, -0.25) is 4.79 Å². The molecule has 0 bridgehead atoms. The summed E-state index contributed by atoms with van der Waals surface area (Å²) < 4.78 is 12.2. The van der Waals surface area contributed by atoms with Crippen LogP contribution >= 0.6 is 11.3 Å². The Morgan fingerprint density at radius 2 is 1.76 bits per heavy atom. The normalized spacial score (nSPS) is 10.9. The molecule has 2 heterocycles. The van der Waals surface area contributed by atoms with E-state index in [1.807, 2.05) is 31.2 Å². The molecule has 148 valence electrons. The number of nitrogens with zero attached hydrogens (tertiary/aromatic N) is 4. The first-order valence-corrected chi connectivity index (χ1v) is 9.68. The molecular formula is C20H19N5O3S. The van der Waals surface area contributed by atoms with Gasteiger partial charge in [0.2, 0.25) is 4.96 Å². The largest absolute Gasteiger partial charge is 0.497 e. The average Bonchev–Trinajstić information content (AvgIpc) is 3.34. The summed E-state index contributed by atoms with van der Waals surface area (Å²) in [6, 6.07) is 13.0. The lowest BCUT2D eigenvalue weighted by Crippen LogP contribution is -2.22. The van der Waals surface area contributed by atoms with Crippen molar-refractivity contribution in [1.82, 2.24) is 25.1 Å². The van der Waals surface area contributed by atoms with E-state index in [9.17, 15) is 4.79 Å². The Labute approximate surface area is 171 Å². The molecule has 0 aliphatic carbocycles. The van der Waals surface area contributed by atoms with Crippen molar-refractivity contribution in [3.05, 3.63) is 59.4 Å². The summed E-state index contributed by atoms with van der Waals surface area (Å²) in [5.74, 6) is 1.70. The first kappa shape index (κ1) is 18.9. The van der Waals surface area contributed by atoms with Crippen molar-refractivity contribution >= 4 is 22.2 Å². The molecular weight excluding hydrogens is 390 g/mol. The zero-order valence-corrected chi connectivity index (χ0v) is 17.0. The minimum Gasteiger partial charge on any atom is -0.497 e. The van der Waals surface area contributed by atoms with Crippen LogP contribution in [0.3, 0.4) is 0 Å². The molecule has 2 aromatic heterocycles. The van der Waals surface area contributed by atoms with Gasteiger partial charge in [0.25, 0.3) is 5.91 Å². The fourth-order valence-corrected chi connectivity index (χ4v) is 3.71. The SMILES string of the molecule is COc1cc(OC)cc(C(=O)NCc2ccc(-c3nn4c(C)nnc4s3)cc2)c1. The Hall–Kier alpha value is -3.46. The lowest BCUT2D eigenvalue weighted by Gasteiger charge is -2.09. The van der Waals surface area contributed by atoms with E-state index in [2.05, 4.69) is 20.6 Å². The molecule has 0 spiro atoms. The molecule has 29 heavy (non-hydrogen) atoms. The minimum atomic E-state index is -0.199. The maximum atomic E-state index is 12.5. The first-order valence-electron chi connectivity index (χ1n) is 8.87. The zero-order valence-electron chi connectivity index (χ0n) is 16.2. The zero-order chi connectivity index (χ0) is 20.4. The Morgan fingerprint density at radius 3 is 2.38 bits per heavy atom. The van der Waals surface area contributed by atoms with Crippen LogP contribution in [0, 0.1) is 6.92 Å². The quantitative estimate of drug-likeness (QED) is 0.526. The van der Waals surface area contributed by atoms with E-state index in [0.29, 0.717) is 23.6 Å². The number of aryl methyl sites for hydroxylation is 1. The summed E-state index contributed by atoms with van der Waals surface area (Å²) >= 11 is 1.48. The Bertz CT molecular complexity index is 1140. The smallest absolute Gasteiger partial charge is 0.251 e. The highest BCUT2D eigenvalue weighted by Gasteiger charge is 2.12. The minimum absolute atomic E-state index is 0.199. The van der Waals surface area contributed by atoms with E-state index in [-0.39, 0.29) is 5.91 Å². The molecule has 4 aromatic rings. The van der Waals surface area contributed by atoms with E-state index in [4.69, 9.17) is 9.47 Å². The second kappa shape index (κ2) is 7.88.